The number of rotatable bonds is 1. The third-order valence-electron chi connectivity index (χ3n) is 1.97. The van der Waals surface area contributed by atoms with Gasteiger partial charge in [-0.05, 0) is 26.7 Å². The highest BCUT2D eigenvalue weighted by molar-refractivity contribution is 4.84. The van der Waals surface area contributed by atoms with E-state index < -0.39 is 0 Å². The van der Waals surface area contributed by atoms with Crippen molar-refractivity contribution < 1.29 is 0 Å². The minimum absolute atomic E-state index is 0.0475. The summed E-state index contributed by atoms with van der Waals surface area (Å²) in [6.07, 6.45) is 1.79. The van der Waals surface area contributed by atoms with Gasteiger partial charge in [0.15, 0.2) is 0 Å². The van der Waals surface area contributed by atoms with E-state index in [1.165, 1.54) is 0 Å². The summed E-state index contributed by atoms with van der Waals surface area (Å²) in [7, 11) is 0. The van der Waals surface area contributed by atoms with Crippen LogP contribution in [0.3, 0.4) is 0 Å². The smallest absolute Gasteiger partial charge is 0.0949 e. The molecule has 0 aliphatic carbocycles. The monoisotopic (exact) mass is 142 g/mol. The molecule has 1 fully saturated rings. The van der Waals surface area contributed by atoms with Gasteiger partial charge in [0.1, 0.15) is 0 Å². The van der Waals surface area contributed by atoms with E-state index in [-0.39, 0.29) is 6.04 Å². The van der Waals surface area contributed by atoms with Gasteiger partial charge in [0, 0.05) is 12.1 Å². The van der Waals surface area contributed by atoms with Gasteiger partial charge in [0.05, 0.1) is 6.04 Å². The lowest BCUT2D eigenvalue weighted by atomic mass is 9.96. The average Bonchev–Trinajstić information content (AvgIpc) is 1.85. The molecule has 0 spiro atoms. The maximum absolute atomic E-state index is 10.2. The minimum Gasteiger partial charge on any atom is -0.312 e. The third kappa shape index (κ3) is 1.77. The predicted molar refractivity (Wildman–Crippen MR) is 40.9 cm³/mol. The van der Waals surface area contributed by atoms with Crippen molar-refractivity contribution in [1.29, 1.82) is 0 Å². The van der Waals surface area contributed by atoms with Gasteiger partial charge in [-0.25, -0.2) is 0 Å². The van der Waals surface area contributed by atoms with Crippen molar-refractivity contribution in [2.45, 2.75) is 44.8 Å². The standard InChI is InChI=1S/C7H14N2O/c1-5-3-7(9-10)4-6(2)8-5/h5-8H,3-4H2,1-2H3. The topological polar surface area (TPSA) is 41.5 Å². The molecule has 1 rings (SSSR count). The average molecular weight is 142 g/mol. The Balaban J connectivity index is 2.42. The quantitative estimate of drug-likeness (QED) is 0.560. The predicted octanol–water partition coefficient (Wildman–Crippen LogP) is 1.28. The number of nitroso groups, excluding NO2 is 1. The summed E-state index contributed by atoms with van der Waals surface area (Å²) in [4.78, 5) is 10.2. The largest absolute Gasteiger partial charge is 0.312 e. The molecule has 10 heavy (non-hydrogen) atoms. The molecule has 2 unspecified atom stereocenters. The lowest BCUT2D eigenvalue weighted by molar-refractivity contribution is 0.317. The van der Waals surface area contributed by atoms with Gasteiger partial charge in [0.2, 0.25) is 0 Å². The summed E-state index contributed by atoms with van der Waals surface area (Å²) >= 11 is 0. The normalized spacial score (nSPS) is 41.2. The molecular formula is C7H14N2O. The van der Waals surface area contributed by atoms with Gasteiger partial charge in [-0.2, -0.15) is 4.91 Å². The van der Waals surface area contributed by atoms with Crippen LogP contribution in [0.4, 0.5) is 0 Å². The molecule has 1 heterocycles. The van der Waals surface area contributed by atoms with Crippen LogP contribution in [-0.4, -0.2) is 18.1 Å². The number of hydrogen-bond donors (Lipinski definition) is 1. The fourth-order valence-corrected chi connectivity index (χ4v) is 1.62. The van der Waals surface area contributed by atoms with Gasteiger partial charge in [0.25, 0.3) is 0 Å². The van der Waals surface area contributed by atoms with Crippen LogP contribution >= 0.6 is 0 Å². The van der Waals surface area contributed by atoms with E-state index in [0.29, 0.717) is 12.1 Å². The van der Waals surface area contributed by atoms with Crippen LogP contribution in [-0.2, 0) is 0 Å². The number of piperidine rings is 1. The van der Waals surface area contributed by atoms with Crippen LogP contribution in [0.2, 0.25) is 0 Å². The van der Waals surface area contributed by atoms with E-state index in [4.69, 9.17) is 0 Å². The highest BCUT2D eigenvalue weighted by Crippen LogP contribution is 2.15. The Kier molecular flexibility index (Phi) is 2.38. The molecule has 3 nitrogen and oxygen atoms in total. The summed E-state index contributed by atoms with van der Waals surface area (Å²) in [6, 6.07) is 0.948. The van der Waals surface area contributed by atoms with Crippen molar-refractivity contribution >= 4 is 0 Å². The molecule has 0 aromatic heterocycles. The van der Waals surface area contributed by atoms with Crippen molar-refractivity contribution in [3.8, 4) is 0 Å². The Hall–Kier alpha value is -0.440. The van der Waals surface area contributed by atoms with Gasteiger partial charge < -0.3 is 5.32 Å². The van der Waals surface area contributed by atoms with Gasteiger partial charge in [-0.1, -0.05) is 5.18 Å². The molecule has 0 aromatic carbocycles. The fraction of sp³-hybridized carbons (Fsp3) is 1.00. The van der Waals surface area contributed by atoms with Crippen LogP contribution < -0.4 is 5.32 Å². The van der Waals surface area contributed by atoms with Crippen LogP contribution in [0.15, 0.2) is 5.18 Å². The highest BCUT2D eigenvalue weighted by atomic mass is 16.3. The lowest BCUT2D eigenvalue weighted by Gasteiger charge is -2.28. The Morgan fingerprint density at radius 1 is 1.30 bits per heavy atom. The Morgan fingerprint density at radius 2 is 1.80 bits per heavy atom. The Morgan fingerprint density at radius 3 is 2.20 bits per heavy atom. The van der Waals surface area contributed by atoms with E-state index in [0.717, 1.165) is 12.8 Å². The molecule has 1 saturated heterocycles. The molecule has 1 N–H and O–H groups in total. The van der Waals surface area contributed by atoms with E-state index in [2.05, 4.69) is 24.3 Å². The molecule has 0 aromatic rings. The summed E-state index contributed by atoms with van der Waals surface area (Å²) in [5.74, 6) is 0. The number of nitrogens with zero attached hydrogens (tertiary/aromatic N) is 1. The molecule has 0 radical (unpaired) electrons. The molecule has 3 heteroatoms. The first-order valence-electron chi connectivity index (χ1n) is 3.81. The van der Waals surface area contributed by atoms with Crippen LogP contribution in [0.25, 0.3) is 0 Å². The van der Waals surface area contributed by atoms with Crippen molar-refractivity contribution in [2.75, 3.05) is 0 Å². The van der Waals surface area contributed by atoms with Crippen molar-refractivity contribution in [3.05, 3.63) is 4.91 Å². The van der Waals surface area contributed by atoms with E-state index in [1.807, 2.05) is 0 Å². The minimum atomic E-state index is 0.0475. The summed E-state index contributed by atoms with van der Waals surface area (Å²) < 4.78 is 0. The van der Waals surface area contributed by atoms with Gasteiger partial charge in [-0.3, -0.25) is 0 Å². The molecule has 0 amide bonds. The summed E-state index contributed by atoms with van der Waals surface area (Å²) in [6.45, 7) is 4.18. The molecule has 2 atom stereocenters. The zero-order valence-electron chi connectivity index (χ0n) is 6.50. The summed E-state index contributed by atoms with van der Waals surface area (Å²) in [5, 5.41) is 6.40. The zero-order valence-corrected chi connectivity index (χ0v) is 6.50. The highest BCUT2D eigenvalue weighted by Gasteiger charge is 2.23. The van der Waals surface area contributed by atoms with Crippen LogP contribution in [0, 0.1) is 4.91 Å². The van der Waals surface area contributed by atoms with Crippen LogP contribution in [0.5, 0.6) is 0 Å². The van der Waals surface area contributed by atoms with Crippen molar-refractivity contribution in [1.82, 2.24) is 5.32 Å². The molecule has 58 valence electrons. The third-order valence-corrected chi connectivity index (χ3v) is 1.97. The fourth-order valence-electron chi connectivity index (χ4n) is 1.62. The van der Waals surface area contributed by atoms with Crippen molar-refractivity contribution in [3.63, 3.8) is 0 Å². The maximum Gasteiger partial charge on any atom is 0.0949 e. The Bertz CT molecular complexity index is 117. The molecular weight excluding hydrogens is 128 g/mol. The van der Waals surface area contributed by atoms with E-state index in [9.17, 15) is 4.91 Å². The van der Waals surface area contributed by atoms with Gasteiger partial charge in [-0.15, -0.1) is 0 Å². The van der Waals surface area contributed by atoms with Gasteiger partial charge >= 0.3 is 0 Å². The molecule has 1 aliphatic rings. The second kappa shape index (κ2) is 3.10. The second-order valence-corrected chi connectivity index (χ2v) is 3.20. The maximum atomic E-state index is 10.2. The number of hydrogen-bond acceptors (Lipinski definition) is 3. The first kappa shape index (κ1) is 7.66. The first-order valence-corrected chi connectivity index (χ1v) is 3.81. The molecule has 1 aliphatic heterocycles. The molecule has 0 bridgehead atoms. The second-order valence-electron chi connectivity index (χ2n) is 3.20. The molecule has 0 saturated carbocycles. The van der Waals surface area contributed by atoms with E-state index >= 15 is 0 Å². The SMILES string of the molecule is CC1CC(N=O)CC(C)N1. The van der Waals surface area contributed by atoms with Crippen molar-refractivity contribution in [2.24, 2.45) is 5.18 Å². The van der Waals surface area contributed by atoms with Crippen LogP contribution in [0.1, 0.15) is 26.7 Å². The summed E-state index contributed by atoms with van der Waals surface area (Å²) in [5.41, 5.74) is 0. The number of nitrogens with one attached hydrogen (secondary N) is 1. The zero-order chi connectivity index (χ0) is 7.56. The lowest BCUT2D eigenvalue weighted by Crippen LogP contribution is -2.43. The van der Waals surface area contributed by atoms with E-state index in [1.54, 1.807) is 0 Å². The first-order chi connectivity index (χ1) is 4.72. The Labute approximate surface area is 61.2 Å².